The summed E-state index contributed by atoms with van der Waals surface area (Å²) in [6.45, 7) is 1.72. The van der Waals surface area contributed by atoms with Gasteiger partial charge in [-0.15, -0.1) is 0 Å². The van der Waals surface area contributed by atoms with Crippen molar-refractivity contribution in [1.29, 1.82) is 0 Å². The average Bonchev–Trinajstić information content (AvgIpc) is 2.32. The van der Waals surface area contributed by atoms with Crippen LogP contribution < -0.4 is 24.3 Å². The molecule has 1 fully saturated rings. The van der Waals surface area contributed by atoms with E-state index in [0.717, 1.165) is 13.1 Å². The number of methoxy groups -OCH3 is 3. The Balaban J connectivity index is 2.27. The largest absolute Gasteiger partial charge is 0.493 e. The topological polar surface area (TPSA) is 49.0 Å². The Bertz CT molecular complexity index is 390. The van der Waals surface area contributed by atoms with Gasteiger partial charge in [0.15, 0.2) is 23.0 Å². The van der Waals surface area contributed by atoms with Crippen molar-refractivity contribution < 1.29 is 18.9 Å². The highest BCUT2D eigenvalue weighted by atomic mass is 16.5. The van der Waals surface area contributed by atoms with Gasteiger partial charge in [0.25, 0.3) is 0 Å². The minimum atomic E-state index is 0.196. The zero-order valence-corrected chi connectivity index (χ0v) is 10.3. The molecule has 0 aliphatic carbocycles. The lowest BCUT2D eigenvalue weighted by Gasteiger charge is -2.28. The first-order valence-corrected chi connectivity index (χ1v) is 5.46. The molecule has 1 aliphatic rings. The lowest BCUT2D eigenvalue weighted by molar-refractivity contribution is 0.136. The van der Waals surface area contributed by atoms with Gasteiger partial charge in [0.2, 0.25) is 0 Å². The van der Waals surface area contributed by atoms with Crippen LogP contribution in [-0.2, 0) is 0 Å². The third-order valence-electron chi connectivity index (χ3n) is 2.71. The first-order valence-electron chi connectivity index (χ1n) is 5.46. The van der Waals surface area contributed by atoms with E-state index in [1.807, 2.05) is 0 Å². The normalized spacial score (nSPS) is 15.0. The molecule has 0 unspecified atom stereocenters. The molecule has 0 spiro atoms. The maximum Gasteiger partial charge on any atom is 0.165 e. The highest BCUT2D eigenvalue weighted by Gasteiger charge is 2.21. The molecule has 2 rings (SSSR count). The fourth-order valence-electron chi connectivity index (χ4n) is 1.62. The van der Waals surface area contributed by atoms with Crippen LogP contribution in [0, 0.1) is 0 Å². The molecule has 1 saturated heterocycles. The van der Waals surface area contributed by atoms with Crippen molar-refractivity contribution in [2.75, 3.05) is 34.4 Å². The van der Waals surface area contributed by atoms with E-state index in [4.69, 9.17) is 18.9 Å². The maximum atomic E-state index is 5.79. The fraction of sp³-hybridized carbons (Fsp3) is 0.500. The zero-order chi connectivity index (χ0) is 12.3. The predicted octanol–water partition coefficient (Wildman–Crippen LogP) is 1.06. The van der Waals surface area contributed by atoms with Gasteiger partial charge < -0.3 is 24.3 Å². The molecular formula is C12H17NO4. The quantitative estimate of drug-likeness (QED) is 0.832. The molecule has 0 saturated carbocycles. The van der Waals surface area contributed by atoms with Crippen molar-refractivity contribution >= 4 is 0 Å². The Hall–Kier alpha value is -1.62. The van der Waals surface area contributed by atoms with Crippen molar-refractivity contribution in [2.45, 2.75) is 6.10 Å². The fourth-order valence-corrected chi connectivity index (χ4v) is 1.62. The summed E-state index contributed by atoms with van der Waals surface area (Å²) in [5, 5.41) is 3.15. The van der Waals surface area contributed by atoms with E-state index >= 15 is 0 Å². The highest BCUT2D eigenvalue weighted by Crippen LogP contribution is 2.39. The van der Waals surface area contributed by atoms with Gasteiger partial charge in [0.1, 0.15) is 6.10 Å². The van der Waals surface area contributed by atoms with Crippen LogP contribution in [0.15, 0.2) is 12.1 Å². The van der Waals surface area contributed by atoms with Gasteiger partial charge in [-0.2, -0.15) is 0 Å². The summed E-state index contributed by atoms with van der Waals surface area (Å²) in [5.41, 5.74) is 0. The smallest absolute Gasteiger partial charge is 0.165 e. The van der Waals surface area contributed by atoms with Crippen molar-refractivity contribution in [2.24, 2.45) is 0 Å². The molecule has 5 heteroatoms. The number of ether oxygens (including phenoxy) is 4. The number of nitrogens with one attached hydrogen (secondary N) is 1. The summed E-state index contributed by atoms with van der Waals surface area (Å²) < 4.78 is 21.5. The molecule has 1 N–H and O–H groups in total. The van der Waals surface area contributed by atoms with Crippen molar-refractivity contribution in [1.82, 2.24) is 5.32 Å². The lowest BCUT2D eigenvalue weighted by atomic mass is 10.2. The molecule has 17 heavy (non-hydrogen) atoms. The zero-order valence-electron chi connectivity index (χ0n) is 10.3. The van der Waals surface area contributed by atoms with Gasteiger partial charge in [-0.25, -0.2) is 0 Å². The van der Waals surface area contributed by atoms with E-state index in [0.29, 0.717) is 23.0 Å². The van der Waals surface area contributed by atoms with Gasteiger partial charge in [0, 0.05) is 25.2 Å². The van der Waals surface area contributed by atoms with E-state index in [9.17, 15) is 0 Å². The molecule has 1 aliphatic heterocycles. The minimum absolute atomic E-state index is 0.196. The SMILES string of the molecule is COc1cc(OC)c(OC2CNC2)cc1OC. The molecule has 1 aromatic rings. The second kappa shape index (κ2) is 5.14. The Labute approximate surface area is 101 Å². The summed E-state index contributed by atoms with van der Waals surface area (Å²) in [7, 11) is 4.79. The van der Waals surface area contributed by atoms with Crippen molar-refractivity contribution in [3.05, 3.63) is 12.1 Å². The van der Waals surface area contributed by atoms with Crippen LogP contribution in [0.25, 0.3) is 0 Å². The van der Waals surface area contributed by atoms with Crippen LogP contribution in [0.1, 0.15) is 0 Å². The second-order valence-electron chi connectivity index (χ2n) is 3.76. The number of hydrogen-bond acceptors (Lipinski definition) is 5. The van der Waals surface area contributed by atoms with Crippen LogP contribution in [0.5, 0.6) is 23.0 Å². The van der Waals surface area contributed by atoms with Gasteiger partial charge in [-0.1, -0.05) is 0 Å². The Morgan fingerprint density at radius 3 is 1.76 bits per heavy atom. The molecule has 94 valence electrons. The third kappa shape index (κ3) is 2.39. The first kappa shape index (κ1) is 11.9. The van der Waals surface area contributed by atoms with E-state index in [1.165, 1.54) is 0 Å². The number of rotatable bonds is 5. The molecule has 0 atom stereocenters. The molecule has 0 amide bonds. The summed E-state index contributed by atoms with van der Waals surface area (Å²) in [5.74, 6) is 2.59. The van der Waals surface area contributed by atoms with E-state index in [2.05, 4.69) is 5.32 Å². The van der Waals surface area contributed by atoms with E-state index < -0.39 is 0 Å². The number of benzene rings is 1. The minimum Gasteiger partial charge on any atom is -0.493 e. The average molecular weight is 239 g/mol. The molecule has 0 radical (unpaired) electrons. The molecule has 5 nitrogen and oxygen atoms in total. The van der Waals surface area contributed by atoms with Gasteiger partial charge >= 0.3 is 0 Å². The highest BCUT2D eigenvalue weighted by molar-refractivity contribution is 5.54. The third-order valence-corrected chi connectivity index (χ3v) is 2.71. The molecule has 0 bridgehead atoms. The Morgan fingerprint density at radius 1 is 0.882 bits per heavy atom. The summed E-state index contributed by atoms with van der Waals surface area (Å²) in [6.07, 6.45) is 0.196. The molecule has 1 aromatic carbocycles. The summed E-state index contributed by atoms with van der Waals surface area (Å²) >= 11 is 0. The van der Waals surface area contributed by atoms with Gasteiger partial charge in [-0.05, 0) is 0 Å². The van der Waals surface area contributed by atoms with Crippen LogP contribution in [-0.4, -0.2) is 40.5 Å². The van der Waals surface area contributed by atoms with Gasteiger partial charge in [-0.3, -0.25) is 0 Å². The number of hydrogen-bond donors (Lipinski definition) is 1. The second-order valence-corrected chi connectivity index (χ2v) is 3.76. The first-order chi connectivity index (χ1) is 8.28. The van der Waals surface area contributed by atoms with Crippen molar-refractivity contribution in [3.63, 3.8) is 0 Å². The van der Waals surface area contributed by atoms with Crippen LogP contribution in [0.3, 0.4) is 0 Å². The summed E-state index contributed by atoms with van der Waals surface area (Å²) in [6, 6.07) is 3.55. The van der Waals surface area contributed by atoms with Crippen molar-refractivity contribution in [3.8, 4) is 23.0 Å². The standard InChI is InChI=1S/C12H17NO4/c1-14-9-4-11(16-3)12(5-10(9)15-2)17-8-6-13-7-8/h4-5,8,13H,6-7H2,1-3H3. The van der Waals surface area contributed by atoms with Crippen LogP contribution in [0.2, 0.25) is 0 Å². The maximum absolute atomic E-state index is 5.79. The Morgan fingerprint density at radius 2 is 1.35 bits per heavy atom. The molecule has 1 heterocycles. The predicted molar refractivity (Wildman–Crippen MR) is 63.4 cm³/mol. The monoisotopic (exact) mass is 239 g/mol. The summed E-state index contributed by atoms with van der Waals surface area (Å²) in [4.78, 5) is 0. The van der Waals surface area contributed by atoms with E-state index in [1.54, 1.807) is 33.5 Å². The molecular weight excluding hydrogens is 222 g/mol. The molecule has 0 aromatic heterocycles. The van der Waals surface area contributed by atoms with Crippen LogP contribution >= 0.6 is 0 Å². The van der Waals surface area contributed by atoms with Gasteiger partial charge in [0.05, 0.1) is 21.3 Å². The Kier molecular flexibility index (Phi) is 3.58. The van der Waals surface area contributed by atoms with Crippen LogP contribution in [0.4, 0.5) is 0 Å². The van der Waals surface area contributed by atoms with E-state index in [-0.39, 0.29) is 6.10 Å². The lowest BCUT2D eigenvalue weighted by Crippen LogP contribution is -2.50.